The van der Waals surface area contributed by atoms with E-state index in [1.165, 1.54) is 24.3 Å². The first-order chi connectivity index (χ1) is 15.7. The van der Waals surface area contributed by atoms with Gasteiger partial charge in [-0.3, -0.25) is 0 Å². The highest BCUT2D eigenvalue weighted by Gasteiger charge is 2.20. The smallest absolute Gasteiger partial charge is 0.336 e. The molecule has 0 saturated carbocycles. The van der Waals surface area contributed by atoms with E-state index in [0.717, 1.165) is 16.7 Å². The van der Waals surface area contributed by atoms with Gasteiger partial charge in [-0.1, -0.05) is 42.8 Å². The molecule has 0 amide bonds. The van der Waals surface area contributed by atoms with Gasteiger partial charge >= 0.3 is 5.97 Å². The number of unbranched alkanes of at least 4 members (excludes halogenated alkanes) is 1. The highest BCUT2D eigenvalue weighted by molar-refractivity contribution is 7.89. The summed E-state index contributed by atoms with van der Waals surface area (Å²) in [5, 5.41) is 10.1. The van der Waals surface area contributed by atoms with Crippen LogP contribution in [-0.4, -0.2) is 39.8 Å². The largest absolute Gasteiger partial charge is 0.478 e. The molecule has 0 heterocycles. The lowest BCUT2D eigenvalue weighted by Gasteiger charge is -2.08. The molecular formula is C25H28ClNO5S. The Morgan fingerprint density at radius 2 is 1.73 bits per heavy atom. The van der Waals surface area contributed by atoms with Crippen LogP contribution in [0, 0.1) is 0 Å². The van der Waals surface area contributed by atoms with Crippen molar-refractivity contribution in [3.8, 4) is 11.1 Å². The number of benzene rings is 1. The molecule has 6 nitrogen and oxygen atoms in total. The fourth-order valence-corrected chi connectivity index (χ4v) is 5.04. The van der Waals surface area contributed by atoms with Crippen LogP contribution in [0.15, 0.2) is 59.5 Å². The summed E-state index contributed by atoms with van der Waals surface area (Å²) in [5.41, 5.74) is 3.92. The van der Waals surface area contributed by atoms with E-state index >= 15 is 0 Å². The van der Waals surface area contributed by atoms with Crippen LogP contribution < -0.4 is 4.72 Å². The Labute approximate surface area is 199 Å². The predicted octanol–water partition coefficient (Wildman–Crippen LogP) is 5.19. The molecule has 0 fully saturated rings. The molecule has 0 aliphatic heterocycles. The van der Waals surface area contributed by atoms with Gasteiger partial charge < -0.3 is 9.84 Å². The number of ether oxygens (including phenoxy) is 1. The molecule has 33 heavy (non-hydrogen) atoms. The maximum absolute atomic E-state index is 12.4. The normalized spacial score (nSPS) is 12.7. The fraction of sp³-hybridized carbons (Fsp3) is 0.320. The van der Waals surface area contributed by atoms with Crippen molar-refractivity contribution < 1.29 is 23.1 Å². The van der Waals surface area contributed by atoms with Crippen LogP contribution in [0.5, 0.6) is 0 Å². The molecule has 0 spiro atoms. The molecule has 1 aromatic rings. The third-order valence-electron chi connectivity index (χ3n) is 5.63. The number of aryl methyl sites for hydroxylation is 1. The van der Waals surface area contributed by atoms with Crippen LogP contribution in [0.3, 0.4) is 0 Å². The molecule has 2 aliphatic rings. The van der Waals surface area contributed by atoms with Crippen molar-refractivity contribution in [1.29, 1.82) is 0 Å². The number of hydrogen-bond acceptors (Lipinski definition) is 4. The average Bonchev–Trinajstić information content (AvgIpc) is 2.96. The third-order valence-corrected chi connectivity index (χ3v) is 7.36. The minimum absolute atomic E-state index is 0.172. The van der Waals surface area contributed by atoms with Crippen molar-refractivity contribution in [2.24, 2.45) is 0 Å². The van der Waals surface area contributed by atoms with E-state index < -0.39 is 16.0 Å². The van der Waals surface area contributed by atoms with Crippen molar-refractivity contribution >= 4 is 27.6 Å². The van der Waals surface area contributed by atoms with E-state index in [1.54, 1.807) is 13.2 Å². The number of hydrogen-bond donors (Lipinski definition) is 2. The quantitative estimate of drug-likeness (QED) is 0.361. The number of carboxylic acid groups (broad SMARTS) is 1. The molecule has 0 bridgehead atoms. The molecule has 0 saturated heterocycles. The van der Waals surface area contributed by atoms with E-state index in [9.17, 15) is 18.3 Å². The van der Waals surface area contributed by atoms with Gasteiger partial charge in [0.15, 0.2) is 0 Å². The van der Waals surface area contributed by atoms with Crippen molar-refractivity contribution in [1.82, 2.24) is 4.72 Å². The summed E-state index contributed by atoms with van der Waals surface area (Å²) >= 11 is 5.82. The van der Waals surface area contributed by atoms with Crippen molar-refractivity contribution in [2.45, 2.75) is 37.0 Å². The number of methoxy groups -OCH3 is 1. The molecule has 1 aromatic carbocycles. The van der Waals surface area contributed by atoms with Gasteiger partial charge in [-0.25, -0.2) is 17.9 Å². The Morgan fingerprint density at radius 3 is 2.36 bits per heavy atom. The van der Waals surface area contributed by atoms with Crippen LogP contribution >= 0.6 is 11.6 Å². The number of nitrogens with one attached hydrogen (secondary N) is 1. The van der Waals surface area contributed by atoms with Gasteiger partial charge in [0.25, 0.3) is 0 Å². The first-order valence-corrected chi connectivity index (χ1v) is 12.6. The van der Waals surface area contributed by atoms with Crippen molar-refractivity contribution in [3.63, 3.8) is 0 Å². The maximum atomic E-state index is 12.4. The van der Waals surface area contributed by atoms with E-state index in [4.69, 9.17) is 16.3 Å². The van der Waals surface area contributed by atoms with Crippen molar-refractivity contribution in [2.75, 3.05) is 20.3 Å². The molecule has 0 aromatic heterocycles. The fourth-order valence-electron chi connectivity index (χ4n) is 3.84. The van der Waals surface area contributed by atoms with Gasteiger partial charge in [0, 0.05) is 24.6 Å². The molecule has 8 heteroatoms. The zero-order valence-corrected chi connectivity index (χ0v) is 20.2. The second-order valence-electron chi connectivity index (χ2n) is 8.05. The zero-order chi connectivity index (χ0) is 24.0. The number of sulfonamides is 1. The van der Waals surface area contributed by atoms with Gasteiger partial charge in [0.1, 0.15) is 0 Å². The lowest BCUT2D eigenvalue weighted by molar-refractivity contribution is 0.0698. The second kappa shape index (κ2) is 11.1. The Kier molecular flexibility index (Phi) is 8.48. The molecule has 1 unspecified atom stereocenters. The lowest BCUT2D eigenvalue weighted by atomic mass is 10.0. The molecule has 2 aliphatic carbocycles. The van der Waals surface area contributed by atoms with Crippen molar-refractivity contribution in [3.05, 3.63) is 76.3 Å². The zero-order valence-electron chi connectivity index (χ0n) is 18.7. The summed E-state index contributed by atoms with van der Waals surface area (Å²) in [7, 11) is -1.93. The van der Waals surface area contributed by atoms with E-state index in [1.807, 2.05) is 24.3 Å². The van der Waals surface area contributed by atoms with Gasteiger partial charge in [-0.2, -0.15) is 0 Å². The number of carboxylic acids is 1. The average molecular weight is 490 g/mol. The Hall–Kier alpha value is -2.45. The highest BCUT2D eigenvalue weighted by atomic mass is 35.5. The lowest BCUT2D eigenvalue weighted by Crippen LogP contribution is -2.24. The summed E-state index contributed by atoms with van der Waals surface area (Å²) < 4.78 is 32.6. The number of carbonyl (C=O) groups is 1. The van der Waals surface area contributed by atoms with E-state index in [-0.39, 0.29) is 16.4 Å². The highest BCUT2D eigenvalue weighted by Crippen LogP contribution is 2.34. The van der Waals surface area contributed by atoms with E-state index in [2.05, 4.69) is 11.6 Å². The molecule has 2 N–H and O–H groups in total. The predicted molar refractivity (Wildman–Crippen MR) is 130 cm³/mol. The number of aromatic carboxylic acids is 1. The summed E-state index contributed by atoms with van der Waals surface area (Å²) in [4.78, 5) is 12.0. The molecule has 1 atom stereocenters. The van der Waals surface area contributed by atoms with Crippen LogP contribution in [0.2, 0.25) is 5.02 Å². The first kappa shape index (κ1) is 25.2. The molecule has 176 valence electrons. The van der Waals surface area contributed by atoms with Gasteiger partial charge in [-0.15, -0.1) is 0 Å². The molecule has 3 rings (SSSR count). The number of fused-ring (bicyclic) bond motifs is 1. The minimum Gasteiger partial charge on any atom is -0.478 e. The van der Waals surface area contributed by atoms with Crippen LogP contribution in [0.4, 0.5) is 0 Å². The monoisotopic (exact) mass is 489 g/mol. The molecular weight excluding hydrogens is 462 g/mol. The van der Waals surface area contributed by atoms with Gasteiger partial charge in [0.2, 0.25) is 10.0 Å². The standard InChI is InChI=1S/C25H28ClNO5S/c1-17(16-32-2)18-6-12-22-19(15-24(25(28)29)23(22)13-7-18)5-3-4-14-27-33(30,31)21-10-8-20(26)9-11-21/h6-13,15,17,27H,3-5,14,16H2,1-2H3,(H,28,29). The summed E-state index contributed by atoms with van der Waals surface area (Å²) in [6.07, 6.45) is 1.99. The minimum atomic E-state index is -3.59. The third kappa shape index (κ3) is 6.32. The Balaban J connectivity index is 1.67. The van der Waals surface area contributed by atoms with Crippen LogP contribution in [0.1, 0.15) is 47.2 Å². The Bertz CT molecular complexity index is 1180. The number of halogens is 1. The summed E-state index contributed by atoms with van der Waals surface area (Å²) in [5.74, 6) is -0.767. The SMILES string of the molecule is COCC(C)c1ccc2c(CCCCNS(=O)(=O)c3ccc(Cl)cc3)cc(C(=O)O)c-2cc1. The first-order valence-electron chi connectivity index (χ1n) is 10.8. The Morgan fingerprint density at radius 1 is 1.06 bits per heavy atom. The maximum Gasteiger partial charge on any atom is 0.336 e. The number of rotatable bonds is 11. The second-order valence-corrected chi connectivity index (χ2v) is 10.3. The summed E-state index contributed by atoms with van der Waals surface area (Å²) in [6, 6.07) is 15.5. The van der Waals surface area contributed by atoms with E-state index in [0.29, 0.717) is 43.0 Å². The van der Waals surface area contributed by atoms with Gasteiger partial charge in [-0.05, 0) is 71.8 Å². The van der Waals surface area contributed by atoms with Gasteiger partial charge in [0.05, 0.1) is 17.1 Å². The molecule has 0 radical (unpaired) electrons. The topological polar surface area (TPSA) is 92.7 Å². The summed E-state index contributed by atoms with van der Waals surface area (Å²) in [6.45, 7) is 2.94. The van der Waals surface area contributed by atoms with Crippen LogP contribution in [-0.2, 0) is 21.2 Å². The van der Waals surface area contributed by atoms with Crippen LogP contribution in [0.25, 0.3) is 11.1 Å².